The Labute approximate surface area is 146 Å². The number of nitrogens with one attached hydrogen (secondary N) is 1. The Morgan fingerprint density at radius 1 is 1.38 bits per heavy atom. The fourth-order valence-corrected chi connectivity index (χ4v) is 3.42. The quantitative estimate of drug-likeness (QED) is 0.781. The van der Waals surface area contributed by atoms with Crippen LogP contribution in [0.1, 0.15) is 24.8 Å². The Bertz CT molecular complexity index is 687. The average Bonchev–Trinajstić information content (AvgIpc) is 2.98. The molecule has 5 nitrogen and oxygen atoms in total. The first-order valence-electron chi connectivity index (χ1n) is 8.12. The molecule has 6 heteroatoms. The predicted octanol–water partition coefficient (Wildman–Crippen LogP) is 2.33. The van der Waals surface area contributed by atoms with Crippen LogP contribution < -0.4 is 5.32 Å². The number of phenols is 1. The van der Waals surface area contributed by atoms with Crippen molar-refractivity contribution in [2.75, 3.05) is 6.54 Å². The van der Waals surface area contributed by atoms with Crippen molar-refractivity contribution >= 4 is 17.5 Å². The molecule has 2 atom stereocenters. The van der Waals surface area contributed by atoms with Crippen molar-refractivity contribution < 1.29 is 15.0 Å². The molecular weight excluding hydrogens is 328 g/mol. The van der Waals surface area contributed by atoms with Crippen LogP contribution in [-0.4, -0.2) is 39.7 Å². The van der Waals surface area contributed by atoms with Crippen molar-refractivity contribution in [2.24, 2.45) is 0 Å². The second-order valence-corrected chi connectivity index (χ2v) is 6.67. The topological polar surface area (TPSA) is 72.8 Å². The fraction of sp³-hybridized carbons (Fsp3) is 0.389. The monoisotopic (exact) mass is 348 g/mol. The first-order chi connectivity index (χ1) is 11.5. The summed E-state index contributed by atoms with van der Waals surface area (Å²) in [6.07, 6.45) is 8.37. The van der Waals surface area contributed by atoms with Gasteiger partial charge in [0.15, 0.2) is 0 Å². The highest BCUT2D eigenvalue weighted by molar-refractivity contribution is 6.30. The molecule has 1 fully saturated rings. The van der Waals surface area contributed by atoms with Gasteiger partial charge in [0.1, 0.15) is 5.75 Å². The Balaban J connectivity index is 1.55. The number of benzene rings is 1. The molecule has 0 saturated heterocycles. The zero-order valence-corrected chi connectivity index (χ0v) is 14.0. The van der Waals surface area contributed by atoms with E-state index in [0.717, 1.165) is 25.0 Å². The number of carbonyl (C=O) groups excluding carboxylic acids is 1. The molecule has 1 heterocycles. The second kappa shape index (κ2) is 7.28. The molecule has 0 aromatic heterocycles. The molecule has 3 rings (SSSR count). The molecule has 1 aliphatic carbocycles. The predicted molar refractivity (Wildman–Crippen MR) is 92.5 cm³/mol. The fourth-order valence-electron chi connectivity index (χ4n) is 3.23. The zero-order valence-electron chi connectivity index (χ0n) is 13.3. The second-order valence-electron chi connectivity index (χ2n) is 6.24. The average molecular weight is 349 g/mol. The van der Waals surface area contributed by atoms with Crippen LogP contribution in [0.2, 0.25) is 5.02 Å². The van der Waals surface area contributed by atoms with Crippen molar-refractivity contribution in [1.82, 2.24) is 10.2 Å². The molecule has 0 bridgehead atoms. The SMILES string of the molecule is O=C(Cc1cc(Cl)ccc1O)NC1=CCN([C@H]2CCC[C@H]2O)C=C1. The van der Waals surface area contributed by atoms with Gasteiger partial charge in [-0.25, -0.2) is 0 Å². The maximum atomic E-state index is 12.1. The summed E-state index contributed by atoms with van der Waals surface area (Å²) in [5.41, 5.74) is 1.22. The summed E-state index contributed by atoms with van der Waals surface area (Å²) in [7, 11) is 0. The first kappa shape index (κ1) is 16.9. The van der Waals surface area contributed by atoms with Gasteiger partial charge in [-0.05, 0) is 49.6 Å². The summed E-state index contributed by atoms with van der Waals surface area (Å²) in [6, 6.07) is 4.81. The van der Waals surface area contributed by atoms with Gasteiger partial charge in [-0.2, -0.15) is 0 Å². The summed E-state index contributed by atoms with van der Waals surface area (Å²) in [5.74, 6) is -0.151. The molecule has 24 heavy (non-hydrogen) atoms. The molecule has 1 aromatic carbocycles. The lowest BCUT2D eigenvalue weighted by molar-refractivity contribution is -0.119. The van der Waals surface area contributed by atoms with E-state index in [1.807, 2.05) is 18.4 Å². The van der Waals surface area contributed by atoms with E-state index < -0.39 is 0 Å². The van der Waals surface area contributed by atoms with E-state index in [0.29, 0.717) is 17.1 Å². The van der Waals surface area contributed by atoms with Crippen molar-refractivity contribution in [2.45, 2.75) is 37.8 Å². The number of carbonyl (C=O) groups is 1. The van der Waals surface area contributed by atoms with Gasteiger partial charge in [0.2, 0.25) is 5.91 Å². The number of hydrogen-bond donors (Lipinski definition) is 3. The van der Waals surface area contributed by atoms with Crippen LogP contribution in [-0.2, 0) is 11.2 Å². The van der Waals surface area contributed by atoms with E-state index in [2.05, 4.69) is 10.2 Å². The summed E-state index contributed by atoms with van der Waals surface area (Å²) in [6.45, 7) is 0.663. The molecule has 1 aliphatic heterocycles. The van der Waals surface area contributed by atoms with Gasteiger partial charge in [-0.1, -0.05) is 11.6 Å². The van der Waals surface area contributed by atoms with Gasteiger partial charge >= 0.3 is 0 Å². The van der Waals surface area contributed by atoms with Gasteiger partial charge in [0.05, 0.1) is 18.6 Å². The van der Waals surface area contributed by atoms with E-state index in [1.54, 1.807) is 12.1 Å². The van der Waals surface area contributed by atoms with Crippen LogP contribution in [0.25, 0.3) is 0 Å². The minimum Gasteiger partial charge on any atom is -0.508 e. The third-order valence-corrected chi connectivity index (χ3v) is 4.75. The molecular formula is C18H21ClN2O3. The molecule has 1 aromatic rings. The smallest absolute Gasteiger partial charge is 0.228 e. The van der Waals surface area contributed by atoms with E-state index >= 15 is 0 Å². The standard InChI is InChI=1S/C18H21ClN2O3/c19-13-4-5-16(22)12(10-13)11-18(24)20-14-6-8-21(9-7-14)15-2-1-3-17(15)23/h4-8,10,15,17,22-23H,1-3,9,11H2,(H,20,24)/t15-,17+/m0/s1. The van der Waals surface area contributed by atoms with Crippen LogP contribution in [0, 0.1) is 0 Å². The van der Waals surface area contributed by atoms with Gasteiger partial charge in [0, 0.05) is 29.0 Å². The van der Waals surface area contributed by atoms with E-state index in [-0.39, 0.29) is 30.2 Å². The number of rotatable bonds is 4. The van der Waals surface area contributed by atoms with E-state index in [4.69, 9.17) is 11.6 Å². The lowest BCUT2D eigenvalue weighted by atomic mass is 10.1. The number of nitrogens with zero attached hydrogens (tertiary/aromatic N) is 1. The van der Waals surface area contributed by atoms with Crippen LogP contribution in [0.15, 0.2) is 42.2 Å². The number of allylic oxidation sites excluding steroid dienone is 1. The minimum absolute atomic E-state index is 0.0582. The van der Waals surface area contributed by atoms with Gasteiger partial charge < -0.3 is 20.4 Å². The number of aliphatic hydroxyl groups excluding tert-OH is 1. The summed E-state index contributed by atoms with van der Waals surface area (Å²) < 4.78 is 0. The summed E-state index contributed by atoms with van der Waals surface area (Å²) in [5, 5.41) is 23.1. The lowest BCUT2D eigenvalue weighted by Crippen LogP contribution is -2.38. The van der Waals surface area contributed by atoms with Crippen LogP contribution in [0.3, 0.4) is 0 Å². The minimum atomic E-state index is -0.273. The number of halogens is 1. The number of amides is 1. The van der Waals surface area contributed by atoms with Crippen LogP contribution in [0.5, 0.6) is 5.75 Å². The van der Waals surface area contributed by atoms with Gasteiger partial charge in [0.25, 0.3) is 0 Å². The van der Waals surface area contributed by atoms with Crippen molar-refractivity contribution in [1.29, 1.82) is 0 Å². The van der Waals surface area contributed by atoms with Crippen molar-refractivity contribution in [3.8, 4) is 5.75 Å². The number of aromatic hydroxyl groups is 1. The van der Waals surface area contributed by atoms with E-state index in [9.17, 15) is 15.0 Å². The third-order valence-electron chi connectivity index (χ3n) is 4.51. The maximum Gasteiger partial charge on any atom is 0.228 e. The van der Waals surface area contributed by atoms with Gasteiger partial charge in [-0.3, -0.25) is 4.79 Å². The summed E-state index contributed by atoms with van der Waals surface area (Å²) >= 11 is 5.89. The molecule has 0 spiro atoms. The number of aliphatic hydroxyl groups is 1. The molecule has 1 saturated carbocycles. The Hall–Kier alpha value is -1.98. The molecule has 3 N–H and O–H groups in total. The van der Waals surface area contributed by atoms with Crippen molar-refractivity contribution in [3.05, 3.63) is 52.8 Å². The molecule has 1 amide bonds. The molecule has 0 unspecified atom stereocenters. The number of hydrogen-bond acceptors (Lipinski definition) is 4. The highest BCUT2D eigenvalue weighted by Gasteiger charge is 2.29. The molecule has 2 aliphatic rings. The normalized spacial score (nSPS) is 23.2. The third kappa shape index (κ3) is 3.91. The summed E-state index contributed by atoms with van der Waals surface area (Å²) in [4.78, 5) is 14.2. The zero-order chi connectivity index (χ0) is 17.1. The Kier molecular flexibility index (Phi) is 5.11. The Morgan fingerprint density at radius 2 is 2.21 bits per heavy atom. The van der Waals surface area contributed by atoms with Crippen molar-refractivity contribution in [3.63, 3.8) is 0 Å². The van der Waals surface area contributed by atoms with E-state index in [1.165, 1.54) is 6.07 Å². The number of phenolic OH excluding ortho intramolecular Hbond substituents is 1. The van der Waals surface area contributed by atoms with Crippen LogP contribution >= 0.6 is 11.6 Å². The largest absolute Gasteiger partial charge is 0.508 e. The van der Waals surface area contributed by atoms with Crippen LogP contribution in [0.4, 0.5) is 0 Å². The lowest BCUT2D eigenvalue weighted by Gasteiger charge is -2.31. The maximum absolute atomic E-state index is 12.1. The highest BCUT2D eigenvalue weighted by atomic mass is 35.5. The molecule has 128 valence electrons. The first-order valence-corrected chi connectivity index (χ1v) is 8.50. The van der Waals surface area contributed by atoms with Gasteiger partial charge in [-0.15, -0.1) is 0 Å². The highest BCUT2D eigenvalue weighted by Crippen LogP contribution is 2.26. The Morgan fingerprint density at radius 3 is 2.88 bits per heavy atom. The molecule has 0 radical (unpaired) electrons.